The van der Waals surface area contributed by atoms with Gasteiger partial charge in [-0.1, -0.05) is 37.0 Å². The largest absolute Gasteiger partial charge is 0.441 e. The van der Waals surface area contributed by atoms with Crippen LogP contribution in [0.4, 0.5) is 0 Å². The minimum atomic E-state index is 0.607. The summed E-state index contributed by atoms with van der Waals surface area (Å²) in [5, 5.41) is 4.59. The van der Waals surface area contributed by atoms with Crippen LogP contribution in [0.3, 0.4) is 0 Å². The van der Waals surface area contributed by atoms with Crippen molar-refractivity contribution < 1.29 is 4.42 Å². The van der Waals surface area contributed by atoms with E-state index in [0.29, 0.717) is 27.6 Å². The van der Waals surface area contributed by atoms with Crippen molar-refractivity contribution in [3.8, 4) is 11.3 Å². The van der Waals surface area contributed by atoms with Crippen molar-refractivity contribution in [1.82, 2.24) is 10.3 Å². The zero-order chi connectivity index (χ0) is 14.5. The number of nitrogens with zero attached hydrogens (tertiary/aromatic N) is 1. The third-order valence-electron chi connectivity index (χ3n) is 2.82. The van der Waals surface area contributed by atoms with Gasteiger partial charge in [-0.3, -0.25) is 0 Å². The second-order valence-electron chi connectivity index (χ2n) is 5.09. The predicted octanol–water partition coefficient (Wildman–Crippen LogP) is 4.44. The molecule has 2 aromatic rings. The molecule has 108 valence electrons. The smallest absolute Gasteiger partial charge is 0.196 e. The molecular formula is C15H18Cl2N2O. The van der Waals surface area contributed by atoms with Gasteiger partial charge in [0, 0.05) is 23.6 Å². The van der Waals surface area contributed by atoms with Crippen molar-refractivity contribution in [3.63, 3.8) is 0 Å². The van der Waals surface area contributed by atoms with E-state index < -0.39 is 0 Å². The van der Waals surface area contributed by atoms with Gasteiger partial charge >= 0.3 is 0 Å². The molecule has 20 heavy (non-hydrogen) atoms. The Morgan fingerprint density at radius 2 is 2.10 bits per heavy atom. The number of oxazole rings is 1. The first kappa shape index (κ1) is 15.4. The lowest BCUT2D eigenvalue weighted by atomic mass is 10.2. The molecule has 2 rings (SSSR count). The Kier molecular flexibility index (Phi) is 5.46. The molecule has 0 amide bonds. The molecule has 0 saturated carbocycles. The van der Waals surface area contributed by atoms with Gasteiger partial charge in [0.2, 0.25) is 0 Å². The summed E-state index contributed by atoms with van der Waals surface area (Å²) in [6.45, 7) is 6.20. The fraction of sp³-hybridized carbons (Fsp3) is 0.400. The molecule has 3 nitrogen and oxygen atoms in total. The first-order valence-corrected chi connectivity index (χ1v) is 7.42. The number of benzene rings is 1. The minimum Gasteiger partial charge on any atom is -0.441 e. The van der Waals surface area contributed by atoms with E-state index in [1.807, 2.05) is 0 Å². The Morgan fingerprint density at radius 1 is 1.30 bits per heavy atom. The molecule has 0 unspecified atom stereocenters. The van der Waals surface area contributed by atoms with E-state index in [2.05, 4.69) is 24.1 Å². The van der Waals surface area contributed by atoms with Crippen LogP contribution >= 0.6 is 23.2 Å². The van der Waals surface area contributed by atoms with Crippen LogP contribution in [0.5, 0.6) is 0 Å². The normalized spacial score (nSPS) is 11.2. The average molecular weight is 313 g/mol. The maximum atomic E-state index is 6.14. The molecule has 0 saturated heterocycles. The first-order valence-electron chi connectivity index (χ1n) is 6.67. The van der Waals surface area contributed by atoms with Gasteiger partial charge in [0.25, 0.3) is 0 Å². The van der Waals surface area contributed by atoms with Crippen LogP contribution in [0.15, 0.2) is 28.8 Å². The van der Waals surface area contributed by atoms with Crippen LogP contribution in [-0.2, 0) is 6.42 Å². The van der Waals surface area contributed by atoms with Crippen LogP contribution in [-0.4, -0.2) is 18.1 Å². The lowest BCUT2D eigenvalue weighted by molar-refractivity contribution is 0.483. The highest BCUT2D eigenvalue weighted by atomic mass is 35.5. The summed E-state index contributed by atoms with van der Waals surface area (Å²) in [6, 6.07) is 5.29. The fourth-order valence-corrected chi connectivity index (χ4v) is 2.21. The summed E-state index contributed by atoms with van der Waals surface area (Å²) >= 11 is 12.1. The molecule has 1 aromatic carbocycles. The summed E-state index contributed by atoms with van der Waals surface area (Å²) in [5.74, 6) is 1.99. The molecule has 0 aliphatic heterocycles. The Morgan fingerprint density at radius 3 is 2.85 bits per heavy atom. The van der Waals surface area contributed by atoms with Gasteiger partial charge in [-0.15, -0.1) is 0 Å². The van der Waals surface area contributed by atoms with Gasteiger partial charge in [0.05, 0.1) is 11.2 Å². The molecular weight excluding hydrogens is 295 g/mol. The summed E-state index contributed by atoms with van der Waals surface area (Å²) in [7, 11) is 0. The Bertz CT molecular complexity index is 567. The summed E-state index contributed by atoms with van der Waals surface area (Å²) in [5.41, 5.74) is 0.771. The van der Waals surface area contributed by atoms with E-state index in [-0.39, 0.29) is 0 Å². The highest BCUT2D eigenvalue weighted by Crippen LogP contribution is 2.30. The summed E-state index contributed by atoms with van der Waals surface area (Å²) in [4.78, 5) is 4.27. The monoisotopic (exact) mass is 312 g/mol. The van der Waals surface area contributed by atoms with Crippen molar-refractivity contribution in [3.05, 3.63) is 40.3 Å². The number of hydrogen-bond acceptors (Lipinski definition) is 3. The van der Waals surface area contributed by atoms with E-state index in [4.69, 9.17) is 27.6 Å². The minimum absolute atomic E-state index is 0.607. The van der Waals surface area contributed by atoms with Crippen molar-refractivity contribution in [2.45, 2.75) is 20.3 Å². The lowest BCUT2D eigenvalue weighted by Gasteiger charge is -2.05. The Labute approximate surface area is 129 Å². The quantitative estimate of drug-likeness (QED) is 0.801. The lowest BCUT2D eigenvalue weighted by Crippen LogP contribution is -2.22. The van der Waals surface area contributed by atoms with Gasteiger partial charge in [-0.2, -0.15) is 0 Å². The van der Waals surface area contributed by atoms with Crippen molar-refractivity contribution >= 4 is 23.2 Å². The molecule has 1 N–H and O–H groups in total. The molecule has 1 heterocycles. The van der Waals surface area contributed by atoms with E-state index in [0.717, 1.165) is 25.1 Å². The van der Waals surface area contributed by atoms with Crippen molar-refractivity contribution in [2.24, 2.45) is 5.92 Å². The predicted molar refractivity (Wildman–Crippen MR) is 83.4 cm³/mol. The van der Waals surface area contributed by atoms with E-state index in [1.54, 1.807) is 24.4 Å². The number of rotatable bonds is 6. The van der Waals surface area contributed by atoms with E-state index >= 15 is 0 Å². The van der Waals surface area contributed by atoms with Gasteiger partial charge in [-0.05, 0) is 30.7 Å². The molecule has 0 aliphatic carbocycles. The van der Waals surface area contributed by atoms with Crippen molar-refractivity contribution in [2.75, 3.05) is 13.1 Å². The molecule has 0 radical (unpaired) electrons. The first-order chi connectivity index (χ1) is 9.56. The van der Waals surface area contributed by atoms with E-state index in [9.17, 15) is 0 Å². The average Bonchev–Trinajstić information content (AvgIpc) is 2.86. The second-order valence-corrected chi connectivity index (χ2v) is 5.93. The zero-order valence-corrected chi connectivity index (χ0v) is 13.1. The van der Waals surface area contributed by atoms with Gasteiger partial charge < -0.3 is 9.73 Å². The van der Waals surface area contributed by atoms with E-state index in [1.165, 1.54) is 0 Å². The highest BCUT2D eigenvalue weighted by Gasteiger charge is 2.10. The molecule has 1 aromatic heterocycles. The van der Waals surface area contributed by atoms with Gasteiger partial charge in [0.15, 0.2) is 11.7 Å². The SMILES string of the molecule is CC(C)CNCCc1ncc(-c2cc(Cl)ccc2Cl)o1. The topological polar surface area (TPSA) is 38.1 Å². The molecule has 0 aliphatic rings. The Hall–Kier alpha value is -1.03. The molecule has 5 heteroatoms. The standard InChI is InChI=1S/C15H18Cl2N2O/c1-10(2)8-18-6-5-15-19-9-14(20-15)12-7-11(16)3-4-13(12)17/h3-4,7,9-10,18H,5-6,8H2,1-2H3. The number of nitrogens with one attached hydrogen (secondary N) is 1. The fourth-order valence-electron chi connectivity index (χ4n) is 1.82. The second kappa shape index (κ2) is 7.11. The zero-order valence-electron chi connectivity index (χ0n) is 11.6. The van der Waals surface area contributed by atoms with Crippen molar-refractivity contribution in [1.29, 1.82) is 0 Å². The van der Waals surface area contributed by atoms with Crippen LogP contribution < -0.4 is 5.32 Å². The molecule has 0 spiro atoms. The molecule has 0 bridgehead atoms. The van der Waals surface area contributed by atoms with Gasteiger partial charge in [0.1, 0.15) is 0 Å². The summed E-state index contributed by atoms with van der Waals surface area (Å²) < 4.78 is 5.72. The maximum Gasteiger partial charge on any atom is 0.196 e. The molecule has 0 atom stereocenters. The summed E-state index contributed by atoms with van der Waals surface area (Å²) in [6.07, 6.45) is 2.44. The Balaban J connectivity index is 2.00. The highest BCUT2D eigenvalue weighted by molar-refractivity contribution is 6.35. The third-order valence-corrected chi connectivity index (χ3v) is 3.38. The number of hydrogen-bond donors (Lipinski definition) is 1. The van der Waals surface area contributed by atoms with Crippen LogP contribution in [0.2, 0.25) is 10.0 Å². The van der Waals surface area contributed by atoms with Crippen LogP contribution in [0, 0.1) is 5.92 Å². The van der Waals surface area contributed by atoms with Crippen LogP contribution in [0.25, 0.3) is 11.3 Å². The number of halogens is 2. The molecule has 0 fully saturated rings. The third kappa shape index (κ3) is 4.23. The van der Waals surface area contributed by atoms with Gasteiger partial charge in [-0.25, -0.2) is 4.98 Å². The van der Waals surface area contributed by atoms with Crippen LogP contribution in [0.1, 0.15) is 19.7 Å². The number of aromatic nitrogens is 1. The maximum absolute atomic E-state index is 6.14.